The summed E-state index contributed by atoms with van der Waals surface area (Å²) < 4.78 is 9.43. The predicted octanol–water partition coefficient (Wildman–Crippen LogP) is 2.40. The lowest BCUT2D eigenvalue weighted by Gasteiger charge is -2.34. The highest BCUT2D eigenvalue weighted by molar-refractivity contribution is 14.0. The number of aliphatic imine (C=N–C) groups is 1. The summed E-state index contributed by atoms with van der Waals surface area (Å²) in [5.74, 6) is 0.858. The molecule has 4 rings (SSSR count). The molecule has 1 atom stereocenters. The van der Waals surface area contributed by atoms with Crippen molar-refractivity contribution in [3.63, 3.8) is 0 Å². The fourth-order valence-electron chi connectivity index (χ4n) is 3.71. The van der Waals surface area contributed by atoms with E-state index in [2.05, 4.69) is 44.6 Å². The topological polar surface area (TPSA) is 76.7 Å². The molecule has 0 spiro atoms. The van der Waals surface area contributed by atoms with Crippen LogP contribution in [-0.2, 0) is 24.9 Å². The number of ether oxygens (including phenoxy) is 1. The van der Waals surface area contributed by atoms with Crippen LogP contribution in [0.15, 0.2) is 70.8 Å². The van der Waals surface area contributed by atoms with Gasteiger partial charge in [0, 0.05) is 51.2 Å². The zero-order valence-electron chi connectivity index (χ0n) is 18.3. The Morgan fingerprint density at radius 1 is 1.22 bits per heavy atom. The molecule has 1 fully saturated rings. The van der Waals surface area contributed by atoms with E-state index in [4.69, 9.17) is 4.74 Å². The highest BCUT2D eigenvalue weighted by Gasteiger charge is 2.25. The fourth-order valence-corrected chi connectivity index (χ4v) is 3.71. The Balaban J connectivity index is 0.00000289. The van der Waals surface area contributed by atoms with E-state index >= 15 is 0 Å². The third-order valence-corrected chi connectivity index (χ3v) is 5.40. The predicted molar refractivity (Wildman–Crippen MR) is 135 cm³/mol. The Morgan fingerprint density at radius 3 is 2.69 bits per heavy atom. The van der Waals surface area contributed by atoms with Crippen LogP contribution in [0.3, 0.4) is 0 Å². The zero-order chi connectivity index (χ0) is 21.6. The van der Waals surface area contributed by atoms with Crippen LogP contribution >= 0.6 is 24.0 Å². The number of halogens is 1. The quantitative estimate of drug-likeness (QED) is 0.301. The monoisotopic (exact) mass is 548 g/mol. The Morgan fingerprint density at radius 2 is 2.00 bits per heavy atom. The zero-order valence-corrected chi connectivity index (χ0v) is 20.7. The molecule has 170 valence electrons. The fraction of sp³-hybridized carbons (Fsp3) is 0.348. The molecule has 1 aliphatic heterocycles. The van der Waals surface area contributed by atoms with Gasteiger partial charge in [-0.1, -0.05) is 30.3 Å². The second-order valence-electron chi connectivity index (χ2n) is 7.64. The molecule has 3 aromatic rings. The third kappa shape index (κ3) is 5.98. The first-order valence-electron chi connectivity index (χ1n) is 10.4. The number of rotatable bonds is 5. The van der Waals surface area contributed by atoms with E-state index in [-0.39, 0.29) is 35.6 Å². The summed E-state index contributed by atoms with van der Waals surface area (Å²) in [7, 11) is 3.71. The van der Waals surface area contributed by atoms with Gasteiger partial charge in [0.1, 0.15) is 6.10 Å². The molecule has 1 aromatic carbocycles. The first-order valence-corrected chi connectivity index (χ1v) is 10.4. The number of aryl methyl sites for hydroxylation is 1. The van der Waals surface area contributed by atoms with Crippen LogP contribution in [0, 0.1) is 0 Å². The summed E-state index contributed by atoms with van der Waals surface area (Å²) in [6.45, 7) is 3.41. The number of benzene rings is 1. The second-order valence-corrected chi connectivity index (χ2v) is 7.64. The van der Waals surface area contributed by atoms with Gasteiger partial charge in [0.25, 0.3) is 5.56 Å². The smallest absolute Gasteiger partial charge is 0.250 e. The Bertz CT molecular complexity index is 1090. The Hall–Kier alpha value is -2.66. The van der Waals surface area contributed by atoms with E-state index in [1.165, 1.54) is 0 Å². The summed E-state index contributed by atoms with van der Waals surface area (Å²) in [4.78, 5) is 18.6. The molecule has 3 heterocycles. The molecular weight excluding hydrogens is 519 g/mol. The molecule has 9 heteroatoms. The molecule has 0 radical (unpaired) electrons. The maximum atomic E-state index is 11.9. The average molecular weight is 548 g/mol. The van der Waals surface area contributed by atoms with Crippen molar-refractivity contribution in [2.24, 2.45) is 12.0 Å². The van der Waals surface area contributed by atoms with Crippen molar-refractivity contribution in [2.45, 2.75) is 19.2 Å². The number of guanidine groups is 1. The molecule has 1 aliphatic rings. The van der Waals surface area contributed by atoms with Gasteiger partial charge in [-0.05, 0) is 17.2 Å². The van der Waals surface area contributed by atoms with Crippen molar-refractivity contribution >= 4 is 29.9 Å². The number of nitrogens with zero attached hydrogens (tertiary/aromatic N) is 5. The summed E-state index contributed by atoms with van der Waals surface area (Å²) >= 11 is 0. The number of nitrogens with one attached hydrogen (secondary N) is 1. The maximum Gasteiger partial charge on any atom is 0.250 e. The largest absolute Gasteiger partial charge is 0.370 e. The SMILES string of the molecule is CN=C(NCc1ccc(Cn2ccccc2=O)cc1)N1CCOC(c2cnn(C)c2)C1.I. The lowest BCUT2D eigenvalue weighted by Crippen LogP contribution is -2.47. The first kappa shape index (κ1) is 24.0. The van der Waals surface area contributed by atoms with Crippen molar-refractivity contribution in [1.29, 1.82) is 0 Å². The highest BCUT2D eigenvalue weighted by atomic mass is 127. The molecule has 1 saturated heterocycles. The molecule has 0 bridgehead atoms. The minimum absolute atomic E-state index is 0. The molecule has 32 heavy (non-hydrogen) atoms. The van der Waals surface area contributed by atoms with E-state index in [1.54, 1.807) is 28.4 Å². The third-order valence-electron chi connectivity index (χ3n) is 5.40. The van der Waals surface area contributed by atoms with Gasteiger partial charge >= 0.3 is 0 Å². The van der Waals surface area contributed by atoms with E-state index in [0.717, 1.165) is 35.7 Å². The molecular formula is C23H29IN6O2. The molecule has 2 aromatic heterocycles. The summed E-state index contributed by atoms with van der Waals surface area (Å²) in [5, 5.41) is 7.70. The van der Waals surface area contributed by atoms with Gasteiger partial charge in [0.05, 0.1) is 25.9 Å². The van der Waals surface area contributed by atoms with Crippen LogP contribution in [0.25, 0.3) is 0 Å². The Kier molecular flexibility index (Phi) is 8.46. The van der Waals surface area contributed by atoms with Crippen LogP contribution in [0.2, 0.25) is 0 Å². The molecule has 0 amide bonds. The highest BCUT2D eigenvalue weighted by Crippen LogP contribution is 2.21. The summed E-state index contributed by atoms with van der Waals surface area (Å²) in [6, 6.07) is 13.5. The van der Waals surface area contributed by atoms with Gasteiger partial charge in [-0.15, -0.1) is 24.0 Å². The average Bonchev–Trinajstić information content (AvgIpc) is 3.23. The van der Waals surface area contributed by atoms with Gasteiger partial charge in [-0.2, -0.15) is 5.10 Å². The summed E-state index contributed by atoms with van der Waals surface area (Å²) in [6.07, 6.45) is 5.65. The minimum Gasteiger partial charge on any atom is -0.370 e. The first-order chi connectivity index (χ1) is 15.1. The molecule has 1 N–H and O–H groups in total. The summed E-state index contributed by atoms with van der Waals surface area (Å²) in [5.41, 5.74) is 3.33. The van der Waals surface area contributed by atoms with Crippen LogP contribution in [0.4, 0.5) is 0 Å². The molecule has 8 nitrogen and oxygen atoms in total. The number of hydrogen-bond donors (Lipinski definition) is 1. The molecule has 0 saturated carbocycles. The second kappa shape index (κ2) is 11.3. The van der Waals surface area contributed by atoms with E-state index < -0.39 is 0 Å². The van der Waals surface area contributed by atoms with Crippen molar-refractivity contribution in [3.05, 3.63) is 88.1 Å². The lowest BCUT2D eigenvalue weighted by atomic mass is 10.1. The number of pyridine rings is 1. The van der Waals surface area contributed by atoms with Crippen molar-refractivity contribution in [1.82, 2.24) is 24.6 Å². The van der Waals surface area contributed by atoms with Gasteiger partial charge in [-0.25, -0.2) is 0 Å². The van der Waals surface area contributed by atoms with Crippen LogP contribution < -0.4 is 10.9 Å². The van der Waals surface area contributed by atoms with Crippen LogP contribution in [0.1, 0.15) is 22.8 Å². The number of aromatic nitrogens is 3. The van der Waals surface area contributed by atoms with Crippen molar-refractivity contribution in [3.8, 4) is 0 Å². The van der Waals surface area contributed by atoms with Crippen LogP contribution in [0.5, 0.6) is 0 Å². The van der Waals surface area contributed by atoms with Gasteiger partial charge < -0.3 is 19.5 Å². The number of hydrogen-bond acceptors (Lipinski definition) is 4. The molecule has 0 aliphatic carbocycles. The van der Waals surface area contributed by atoms with E-state index in [9.17, 15) is 4.79 Å². The Labute approximate surface area is 204 Å². The standard InChI is InChI=1S/C23H28N6O2.HI/c1-24-23(29-11-12-31-21(17-29)20-14-26-27(2)16-20)25-13-18-6-8-19(9-7-18)15-28-10-4-3-5-22(28)30;/h3-10,14,16,21H,11-13,15,17H2,1-2H3,(H,24,25);1H. The van der Waals surface area contributed by atoms with Gasteiger partial charge in [0.15, 0.2) is 5.96 Å². The molecule has 1 unspecified atom stereocenters. The van der Waals surface area contributed by atoms with Crippen molar-refractivity contribution in [2.75, 3.05) is 26.7 Å². The van der Waals surface area contributed by atoms with Crippen molar-refractivity contribution < 1.29 is 4.74 Å². The normalized spacial score (nSPS) is 16.5. The minimum atomic E-state index is -0.0123. The van der Waals surface area contributed by atoms with Crippen LogP contribution in [-0.4, -0.2) is 52.0 Å². The number of morpholine rings is 1. The van der Waals surface area contributed by atoms with E-state index in [1.807, 2.05) is 31.7 Å². The van der Waals surface area contributed by atoms with E-state index in [0.29, 0.717) is 19.7 Å². The van der Waals surface area contributed by atoms with Gasteiger partial charge in [-0.3, -0.25) is 14.5 Å². The lowest BCUT2D eigenvalue weighted by molar-refractivity contribution is -0.00805. The van der Waals surface area contributed by atoms with Gasteiger partial charge in [0.2, 0.25) is 0 Å². The maximum absolute atomic E-state index is 11.9.